The highest BCUT2D eigenvalue weighted by atomic mass is 32.2. The Labute approximate surface area is 116 Å². The number of hydrogen-bond donors (Lipinski definition) is 1. The van der Waals surface area contributed by atoms with Crippen molar-refractivity contribution >= 4 is 10.0 Å². The van der Waals surface area contributed by atoms with Crippen molar-refractivity contribution in [3.8, 4) is 0 Å². The highest BCUT2D eigenvalue weighted by molar-refractivity contribution is 7.89. The summed E-state index contributed by atoms with van der Waals surface area (Å²) in [6, 6.07) is 0.0896. The van der Waals surface area contributed by atoms with Gasteiger partial charge in [0, 0.05) is 58.4 Å². The van der Waals surface area contributed by atoms with Gasteiger partial charge < -0.3 is 10.2 Å². The maximum atomic E-state index is 12.4. The summed E-state index contributed by atoms with van der Waals surface area (Å²) in [7, 11) is -1.07. The third-order valence-corrected chi connectivity index (χ3v) is 5.96. The minimum Gasteiger partial charge on any atom is -0.314 e. The van der Waals surface area contributed by atoms with Gasteiger partial charge in [-0.3, -0.25) is 4.90 Å². The summed E-state index contributed by atoms with van der Waals surface area (Å²) in [6.07, 6.45) is 0. The molecule has 7 heteroatoms. The van der Waals surface area contributed by atoms with Crippen LogP contribution in [0.2, 0.25) is 0 Å². The molecule has 1 N–H and O–H groups in total. The van der Waals surface area contributed by atoms with Crippen molar-refractivity contribution in [1.82, 2.24) is 19.4 Å². The maximum Gasteiger partial charge on any atom is 0.215 e. The third kappa shape index (κ3) is 4.13. The Morgan fingerprint density at radius 2 is 1.84 bits per heavy atom. The van der Waals surface area contributed by atoms with Gasteiger partial charge in [0.2, 0.25) is 10.0 Å². The molecule has 19 heavy (non-hydrogen) atoms. The molecule has 0 aromatic carbocycles. The van der Waals surface area contributed by atoms with Crippen LogP contribution >= 0.6 is 0 Å². The molecule has 0 radical (unpaired) electrons. The average Bonchev–Trinajstić information content (AvgIpc) is 2.37. The molecule has 0 bridgehead atoms. The summed E-state index contributed by atoms with van der Waals surface area (Å²) in [6.45, 7) is 8.77. The Bertz CT molecular complexity index is 381. The van der Waals surface area contributed by atoms with Gasteiger partial charge in [-0.25, -0.2) is 8.42 Å². The molecule has 0 aliphatic carbocycles. The van der Waals surface area contributed by atoms with Gasteiger partial charge in [-0.2, -0.15) is 4.31 Å². The lowest BCUT2D eigenvalue weighted by Gasteiger charge is -2.37. The van der Waals surface area contributed by atoms with E-state index in [9.17, 15) is 8.42 Å². The summed E-state index contributed by atoms with van der Waals surface area (Å²) in [5.74, 6) is 0.251. The molecule has 2 aliphatic heterocycles. The minimum absolute atomic E-state index is 0.0896. The molecule has 0 aromatic heterocycles. The van der Waals surface area contributed by atoms with E-state index < -0.39 is 10.0 Å². The molecule has 0 spiro atoms. The quantitative estimate of drug-likeness (QED) is 0.709. The number of nitrogens with one attached hydrogen (secondary N) is 1. The Balaban J connectivity index is 1.86. The van der Waals surface area contributed by atoms with E-state index in [1.165, 1.54) is 0 Å². The molecule has 1 unspecified atom stereocenters. The standard InChI is InChI=1S/C12H26N4O2S/c1-12-11-14(2)7-8-16(12)19(17,18)10-9-15-5-3-13-4-6-15/h12-13H,3-11H2,1-2H3. The lowest BCUT2D eigenvalue weighted by atomic mass is 10.2. The number of piperazine rings is 2. The number of sulfonamides is 1. The second-order valence-corrected chi connectivity index (χ2v) is 7.67. The van der Waals surface area contributed by atoms with E-state index in [1.807, 2.05) is 14.0 Å². The van der Waals surface area contributed by atoms with Crippen LogP contribution in [-0.2, 0) is 10.0 Å². The topological polar surface area (TPSA) is 55.9 Å². The first-order valence-corrected chi connectivity index (χ1v) is 8.71. The first-order chi connectivity index (χ1) is 8.99. The van der Waals surface area contributed by atoms with Crippen LogP contribution in [0.1, 0.15) is 6.92 Å². The molecule has 1 atom stereocenters. The third-order valence-electron chi connectivity index (χ3n) is 4.00. The molecule has 6 nitrogen and oxygen atoms in total. The van der Waals surface area contributed by atoms with Crippen LogP contribution in [0.15, 0.2) is 0 Å². The van der Waals surface area contributed by atoms with Crippen LogP contribution in [0.5, 0.6) is 0 Å². The van der Waals surface area contributed by atoms with Gasteiger partial charge >= 0.3 is 0 Å². The smallest absolute Gasteiger partial charge is 0.215 e. The SMILES string of the molecule is CC1CN(C)CCN1S(=O)(=O)CCN1CCNCC1. The van der Waals surface area contributed by atoms with Gasteiger partial charge in [0.1, 0.15) is 0 Å². The molecule has 2 rings (SSSR count). The molecular formula is C12H26N4O2S. The van der Waals surface area contributed by atoms with Crippen LogP contribution in [0, 0.1) is 0 Å². The van der Waals surface area contributed by atoms with Crippen molar-refractivity contribution in [2.75, 3.05) is 65.2 Å². The predicted molar refractivity (Wildman–Crippen MR) is 76.8 cm³/mol. The van der Waals surface area contributed by atoms with Crippen molar-refractivity contribution < 1.29 is 8.42 Å². The maximum absolute atomic E-state index is 12.4. The van der Waals surface area contributed by atoms with E-state index in [0.29, 0.717) is 13.1 Å². The highest BCUT2D eigenvalue weighted by Gasteiger charge is 2.31. The van der Waals surface area contributed by atoms with Crippen LogP contribution < -0.4 is 5.32 Å². The first-order valence-electron chi connectivity index (χ1n) is 7.10. The summed E-state index contributed by atoms with van der Waals surface area (Å²) < 4.78 is 26.5. The number of nitrogens with zero attached hydrogens (tertiary/aromatic N) is 3. The molecule has 0 saturated carbocycles. The lowest BCUT2D eigenvalue weighted by molar-refractivity contribution is 0.169. The molecule has 2 saturated heterocycles. The van der Waals surface area contributed by atoms with Crippen molar-refractivity contribution in [3.63, 3.8) is 0 Å². The zero-order chi connectivity index (χ0) is 13.9. The van der Waals surface area contributed by atoms with Crippen molar-refractivity contribution in [3.05, 3.63) is 0 Å². The van der Waals surface area contributed by atoms with Gasteiger partial charge in [0.05, 0.1) is 5.75 Å². The number of hydrogen-bond acceptors (Lipinski definition) is 5. The summed E-state index contributed by atoms with van der Waals surface area (Å²) in [5.41, 5.74) is 0. The fourth-order valence-corrected chi connectivity index (χ4v) is 4.53. The van der Waals surface area contributed by atoms with Crippen LogP contribution in [0.4, 0.5) is 0 Å². The van der Waals surface area contributed by atoms with Gasteiger partial charge in [-0.15, -0.1) is 0 Å². The molecule has 0 amide bonds. The number of rotatable bonds is 4. The molecule has 2 aliphatic rings. The van der Waals surface area contributed by atoms with Gasteiger partial charge in [-0.1, -0.05) is 0 Å². The fraction of sp³-hybridized carbons (Fsp3) is 1.00. The van der Waals surface area contributed by atoms with E-state index in [2.05, 4.69) is 15.1 Å². The van der Waals surface area contributed by atoms with Crippen molar-refractivity contribution in [2.45, 2.75) is 13.0 Å². The molecular weight excluding hydrogens is 264 g/mol. The monoisotopic (exact) mass is 290 g/mol. The van der Waals surface area contributed by atoms with E-state index in [1.54, 1.807) is 4.31 Å². The minimum atomic E-state index is -3.11. The Morgan fingerprint density at radius 3 is 2.47 bits per heavy atom. The summed E-state index contributed by atoms with van der Waals surface area (Å²) in [5, 5.41) is 3.28. The number of likely N-dealkylation sites (N-methyl/N-ethyl adjacent to an activating group) is 1. The zero-order valence-corrected chi connectivity index (χ0v) is 12.8. The van der Waals surface area contributed by atoms with Crippen molar-refractivity contribution in [1.29, 1.82) is 0 Å². The average molecular weight is 290 g/mol. The Hall–Kier alpha value is -0.210. The predicted octanol–water partition coefficient (Wildman–Crippen LogP) is -1.14. The normalized spacial score (nSPS) is 28.6. The Kier molecular flexibility index (Phi) is 5.19. The Morgan fingerprint density at radius 1 is 1.16 bits per heavy atom. The highest BCUT2D eigenvalue weighted by Crippen LogP contribution is 2.13. The summed E-state index contributed by atoms with van der Waals surface area (Å²) in [4.78, 5) is 4.42. The van der Waals surface area contributed by atoms with Gasteiger partial charge in [0.15, 0.2) is 0 Å². The van der Waals surface area contributed by atoms with E-state index in [0.717, 1.165) is 39.3 Å². The van der Waals surface area contributed by atoms with E-state index in [4.69, 9.17) is 0 Å². The van der Waals surface area contributed by atoms with Crippen LogP contribution in [0.3, 0.4) is 0 Å². The molecule has 2 heterocycles. The fourth-order valence-electron chi connectivity index (χ4n) is 2.83. The molecule has 112 valence electrons. The lowest BCUT2D eigenvalue weighted by Crippen LogP contribution is -2.54. The van der Waals surface area contributed by atoms with Crippen molar-refractivity contribution in [2.24, 2.45) is 0 Å². The van der Waals surface area contributed by atoms with E-state index in [-0.39, 0.29) is 11.8 Å². The summed E-state index contributed by atoms with van der Waals surface area (Å²) >= 11 is 0. The second kappa shape index (κ2) is 6.49. The molecule has 2 fully saturated rings. The largest absolute Gasteiger partial charge is 0.314 e. The van der Waals surface area contributed by atoms with Gasteiger partial charge in [0.25, 0.3) is 0 Å². The van der Waals surface area contributed by atoms with E-state index >= 15 is 0 Å². The van der Waals surface area contributed by atoms with Gasteiger partial charge in [-0.05, 0) is 14.0 Å². The van der Waals surface area contributed by atoms with Crippen LogP contribution in [0.25, 0.3) is 0 Å². The molecule has 0 aromatic rings. The zero-order valence-electron chi connectivity index (χ0n) is 12.0. The van der Waals surface area contributed by atoms with Crippen LogP contribution in [-0.4, -0.2) is 93.7 Å². The second-order valence-electron chi connectivity index (χ2n) is 5.63. The first kappa shape index (κ1) is 15.2.